The first-order chi connectivity index (χ1) is 16.0. The first-order valence-electron chi connectivity index (χ1n) is 10.9. The predicted molar refractivity (Wildman–Crippen MR) is 126 cm³/mol. The molecule has 1 fully saturated rings. The molecule has 0 spiro atoms. The molecule has 2 heterocycles. The van der Waals surface area contributed by atoms with E-state index >= 15 is 0 Å². The van der Waals surface area contributed by atoms with Gasteiger partial charge in [0.05, 0.1) is 23.2 Å². The van der Waals surface area contributed by atoms with Crippen LogP contribution in [0.2, 0.25) is 0 Å². The van der Waals surface area contributed by atoms with Crippen LogP contribution >= 0.6 is 11.3 Å². The van der Waals surface area contributed by atoms with Crippen molar-refractivity contribution in [2.24, 2.45) is 5.92 Å². The second kappa shape index (κ2) is 9.19. The van der Waals surface area contributed by atoms with Gasteiger partial charge < -0.3 is 14.5 Å². The number of aromatic nitrogens is 2. The second-order valence-electron chi connectivity index (χ2n) is 8.19. The number of benzene rings is 2. The Labute approximate surface area is 192 Å². The van der Waals surface area contributed by atoms with Crippen molar-refractivity contribution in [1.29, 1.82) is 0 Å². The Morgan fingerprint density at radius 1 is 1.15 bits per heavy atom. The van der Waals surface area contributed by atoms with Gasteiger partial charge in [0.25, 0.3) is 0 Å². The molecular formula is C24H22FN3O4S. The van der Waals surface area contributed by atoms with Gasteiger partial charge in [0.1, 0.15) is 0 Å². The van der Waals surface area contributed by atoms with E-state index in [1.165, 1.54) is 36.7 Å². The summed E-state index contributed by atoms with van der Waals surface area (Å²) in [6.07, 6.45) is 6.02. The number of fused-ring (bicyclic) bond motifs is 1. The fourth-order valence-electron chi connectivity index (χ4n) is 4.10. The van der Waals surface area contributed by atoms with Gasteiger partial charge in [0.15, 0.2) is 16.7 Å². The molecule has 0 saturated heterocycles. The molecule has 1 aliphatic rings. The van der Waals surface area contributed by atoms with Crippen LogP contribution in [0.1, 0.15) is 32.1 Å². The molecule has 33 heavy (non-hydrogen) atoms. The fraction of sp³-hybridized carbons (Fsp3) is 0.292. The highest BCUT2D eigenvalue weighted by Gasteiger charge is 2.15. The molecule has 2 aromatic carbocycles. The summed E-state index contributed by atoms with van der Waals surface area (Å²) >= 11 is 1.36. The van der Waals surface area contributed by atoms with Crippen LogP contribution in [0.15, 0.2) is 55.8 Å². The maximum absolute atomic E-state index is 14.5. The van der Waals surface area contributed by atoms with E-state index in [1.807, 2.05) is 5.38 Å². The Kier molecular flexibility index (Phi) is 5.95. The van der Waals surface area contributed by atoms with Crippen molar-refractivity contribution in [2.75, 3.05) is 11.9 Å². The van der Waals surface area contributed by atoms with Crippen LogP contribution in [0.5, 0.6) is 5.75 Å². The molecule has 7 nitrogen and oxygen atoms in total. The molecule has 2 aromatic heterocycles. The predicted octanol–water partition coefficient (Wildman–Crippen LogP) is 5.45. The third kappa shape index (κ3) is 4.83. The van der Waals surface area contributed by atoms with Crippen molar-refractivity contribution in [2.45, 2.75) is 32.1 Å². The van der Waals surface area contributed by atoms with Gasteiger partial charge >= 0.3 is 11.4 Å². The molecular weight excluding hydrogens is 445 g/mol. The van der Waals surface area contributed by atoms with Crippen molar-refractivity contribution in [1.82, 2.24) is 9.97 Å². The smallest absolute Gasteiger partial charge is 0.419 e. The largest absolute Gasteiger partial charge is 0.490 e. The number of aromatic amines is 1. The topological polar surface area (TPSA) is 97.2 Å². The Balaban J connectivity index is 1.28. The number of nitrogens with one attached hydrogen (secondary N) is 2. The summed E-state index contributed by atoms with van der Waals surface area (Å²) in [5.41, 5.74) is 1.60. The first kappa shape index (κ1) is 21.4. The zero-order valence-corrected chi connectivity index (χ0v) is 18.5. The normalized spacial score (nSPS) is 14.5. The van der Waals surface area contributed by atoms with Gasteiger partial charge in [-0.1, -0.05) is 25.3 Å². The molecule has 1 aliphatic carbocycles. The number of hydrogen-bond donors (Lipinski definition) is 2. The number of ether oxygens (including phenoxy) is 1. The van der Waals surface area contributed by atoms with Crippen molar-refractivity contribution in [3.05, 3.63) is 68.6 Å². The van der Waals surface area contributed by atoms with E-state index in [0.717, 1.165) is 12.8 Å². The zero-order chi connectivity index (χ0) is 22.8. The Morgan fingerprint density at radius 2 is 2.00 bits per heavy atom. The number of nitrogens with zero attached hydrogens (tertiary/aromatic N) is 1. The third-order valence-electron chi connectivity index (χ3n) is 5.84. The maximum atomic E-state index is 14.5. The molecule has 170 valence electrons. The van der Waals surface area contributed by atoms with Crippen molar-refractivity contribution >= 4 is 33.1 Å². The van der Waals surface area contributed by atoms with E-state index in [4.69, 9.17) is 4.74 Å². The van der Waals surface area contributed by atoms with Gasteiger partial charge in [-0.3, -0.25) is 4.98 Å². The van der Waals surface area contributed by atoms with Crippen molar-refractivity contribution in [3.8, 4) is 17.0 Å². The minimum Gasteiger partial charge on any atom is -0.490 e. The van der Waals surface area contributed by atoms with Crippen molar-refractivity contribution < 1.29 is 13.5 Å². The quantitative estimate of drug-likeness (QED) is 0.392. The van der Waals surface area contributed by atoms with Gasteiger partial charge in [-0.15, -0.1) is 11.3 Å². The number of halogens is 1. The highest BCUT2D eigenvalue weighted by Crippen LogP contribution is 2.30. The molecule has 4 aromatic rings. The lowest BCUT2D eigenvalue weighted by atomic mass is 9.90. The summed E-state index contributed by atoms with van der Waals surface area (Å²) in [5.74, 6) is -0.439. The van der Waals surface area contributed by atoms with Crippen LogP contribution in [-0.4, -0.2) is 16.6 Å². The lowest BCUT2D eigenvalue weighted by Crippen LogP contribution is -2.15. The minimum absolute atomic E-state index is 0.263. The molecule has 0 unspecified atom stereocenters. The van der Waals surface area contributed by atoms with E-state index in [0.29, 0.717) is 40.1 Å². The summed E-state index contributed by atoms with van der Waals surface area (Å²) in [6.45, 7) is 0.553. The average molecular weight is 468 g/mol. The highest BCUT2D eigenvalue weighted by atomic mass is 32.1. The summed E-state index contributed by atoms with van der Waals surface area (Å²) in [4.78, 5) is 30.3. The number of anilines is 2. The lowest BCUT2D eigenvalue weighted by Gasteiger charge is -2.21. The standard InChI is InChI=1S/C24H22FN3O4S/c25-18-11-16(7-9-21(18)31-12-14-4-2-1-3-5-14)26-23-27-20(13-33-23)15-6-8-19-17(10-15)22(29)32-24(30)28-19/h6-11,13-14H,1-5,12H2,(H,26,27)(H,28,30). The van der Waals surface area contributed by atoms with E-state index in [9.17, 15) is 14.0 Å². The zero-order valence-electron chi connectivity index (χ0n) is 17.7. The van der Waals surface area contributed by atoms with Crippen LogP contribution in [-0.2, 0) is 0 Å². The number of thiazole rings is 1. The summed E-state index contributed by atoms with van der Waals surface area (Å²) in [7, 11) is 0. The van der Waals surface area contributed by atoms with Crippen molar-refractivity contribution in [3.63, 3.8) is 0 Å². The minimum atomic E-state index is -0.793. The lowest BCUT2D eigenvalue weighted by molar-refractivity contribution is 0.202. The molecule has 1 saturated carbocycles. The maximum Gasteiger partial charge on any atom is 0.419 e. The first-order valence-corrected chi connectivity index (χ1v) is 11.8. The summed E-state index contributed by atoms with van der Waals surface area (Å²) < 4.78 is 24.9. The second-order valence-corrected chi connectivity index (χ2v) is 9.04. The van der Waals surface area contributed by atoms with Gasteiger partial charge in [-0.05, 0) is 43.0 Å². The van der Waals surface area contributed by atoms with Crippen LogP contribution in [0.4, 0.5) is 15.2 Å². The fourth-order valence-corrected chi connectivity index (χ4v) is 4.84. The SMILES string of the molecule is O=c1[nH]c2ccc(-c3csc(Nc4ccc(OCC5CCCCC5)c(F)c4)n3)cc2c(=O)o1. The van der Waals surface area contributed by atoms with Crippen LogP contribution in [0.25, 0.3) is 22.2 Å². The van der Waals surface area contributed by atoms with Gasteiger partial charge in [-0.2, -0.15) is 0 Å². The molecule has 0 atom stereocenters. The third-order valence-corrected chi connectivity index (χ3v) is 6.60. The van der Waals surface area contributed by atoms with Gasteiger partial charge in [0, 0.05) is 22.7 Å². The van der Waals surface area contributed by atoms with E-state index in [-0.39, 0.29) is 11.1 Å². The number of rotatable bonds is 6. The molecule has 0 bridgehead atoms. The highest BCUT2D eigenvalue weighted by molar-refractivity contribution is 7.14. The van der Waals surface area contributed by atoms with Gasteiger partial charge in [-0.25, -0.2) is 19.0 Å². The molecule has 9 heteroatoms. The van der Waals surface area contributed by atoms with E-state index in [2.05, 4.69) is 19.7 Å². The average Bonchev–Trinajstić information content (AvgIpc) is 3.27. The van der Waals surface area contributed by atoms with Crippen LogP contribution < -0.4 is 21.4 Å². The van der Waals surface area contributed by atoms with E-state index in [1.54, 1.807) is 30.3 Å². The molecule has 5 rings (SSSR count). The Bertz CT molecular complexity index is 1400. The molecule has 0 amide bonds. The Morgan fingerprint density at radius 3 is 2.82 bits per heavy atom. The Hall–Kier alpha value is -3.46. The number of H-pyrrole nitrogens is 1. The van der Waals surface area contributed by atoms with Gasteiger partial charge in [0.2, 0.25) is 0 Å². The van der Waals surface area contributed by atoms with Crippen LogP contribution in [0.3, 0.4) is 0 Å². The summed E-state index contributed by atoms with van der Waals surface area (Å²) in [5, 5.41) is 5.78. The molecule has 0 radical (unpaired) electrons. The van der Waals surface area contributed by atoms with E-state index < -0.39 is 17.2 Å². The monoisotopic (exact) mass is 467 g/mol. The molecule has 2 N–H and O–H groups in total. The summed E-state index contributed by atoms with van der Waals surface area (Å²) in [6, 6.07) is 9.81. The molecule has 0 aliphatic heterocycles. The van der Waals surface area contributed by atoms with Crippen LogP contribution in [0, 0.1) is 11.7 Å². The number of hydrogen-bond acceptors (Lipinski definition) is 7.